The Balaban J connectivity index is 2.09. The SMILES string of the molecule is CC1=CC(C(F)F)CC12CCN(C)CC2. The predicted octanol–water partition coefficient (Wildman–Crippen LogP) is 2.93. The van der Waals surface area contributed by atoms with Crippen molar-refractivity contribution in [3.05, 3.63) is 11.6 Å². The number of allylic oxidation sites excluding steroid dienone is 2. The molecule has 1 atom stereocenters. The highest BCUT2D eigenvalue weighted by Crippen LogP contribution is 2.50. The topological polar surface area (TPSA) is 3.24 Å². The van der Waals surface area contributed by atoms with Gasteiger partial charge in [0.25, 0.3) is 0 Å². The second-order valence-corrected chi connectivity index (χ2v) is 5.14. The van der Waals surface area contributed by atoms with Gasteiger partial charge in [-0.25, -0.2) is 8.78 Å². The first-order valence-electron chi connectivity index (χ1n) is 5.69. The van der Waals surface area contributed by atoms with Crippen LogP contribution in [0.4, 0.5) is 8.78 Å². The highest BCUT2D eigenvalue weighted by molar-refractivity contribution is 5.22. The van der Waals surface area contributed by atoms with Gasteiger partial charge < -0.3 is 4.90 Å². The van der Waals surface area contributed by atoms with Crippen molar-refractivity contribution in [1.82, 2.24) is 4.90 Å². The Bertz CT molecular complexity index is 265. The molecule has 1 fully saturated rings. The predicted molar refractivity (Wildman–Crippen MR) is 57.0 cm³/mol. The fourth-order valence-corrected chi connectivity index (χ4v) is 2.98. The van der Waals surface area contributed by atoms with Crippen LogP contribution in [0.25, 0.3) is 0 Å². The van der Waals surface area contributed by atoms with Crippen molar-refractivity contribution in [3.8, 4) is 0 Å². The molecule has 0 bridgehead atoms. The van der Waals surface area contributed by atoms with Gasteiger partial charge in [-0.05, 0) is 51.7 Å². The summed E-state index contributed by atoms with van der Waals surface area (Å²) in [5.41, 5.74) is 1.31. The van der Waals surface area contributed by atoms with Crippen LogP contribution in [0, 0.1) is 11.3 Å². The third-order valence-corrected chi connectivity index (χ3v) is 4.19. The maximum absolute atomic E-state index is 12.7. The van der Waals surface area contributed by atoms with Crippen LogP contribution >= 0.6 is 0 Å². The van der Waals surface area contributed by atoms with Gasteiger partial charge >= 0.3 is 0 Å². The molecule has 1 spiro atoms. The second kappa shape index (κ2) is 3.85. The summed E-state index contributed by atoms with van der Waals surface area (Å²) in [6.07, 6.45) is 2.41. The summed E-state index contributed by atoms with van der Waals surface area (Å²) in [7, 11) is 2.10. The zero-order valence-electron chi connectivity index (χ0n) is 9.47. The van der Waals surface area contributed by atoms with Crippen molar-refractivity contribution in [2.24, 2.45) is 11.3 Å². The van der Waals surface area contributed by atoms with E-state index in [0.29, 0.717) is 6.42 Å². The minimum Gasteiger partial charge on any atom is -0.306 e. The van der Waals surface area contributed by atoms with Gasteiger partial charge in [-0.2, -0.15) is 0 Å². The Kier molecular flexibility index (Phi) is 2.84. The summed E-state index contributed by atoms with van der Waals surface area (Å²) in [5.74, 6) is -0.492. The van der Waals surface area contributed by atoms with Gasteiger partial charge in [-0.15, -0.1) is 0 Å². The monoisotopic (exact) mass is 215 g/mol. The molecule has 0 aromatic carbocycles. The highest BCUT2D eigenvalue weighted by atomic mass is 19.3. The van der Waals surface area contributed by atoms with Gasteiger partial charge in [-0.3, -0.25) is 0 Å². The summed E-state index contributed by atoms with van der Waals surface area (Å²) in [6, 6.07) is 0. The fourth-order valence-electron chi connectivity index (χ4n) is 2.98. The largest absolute Gasteiger partial charge is 0.306 e. The molecule has 1 aliphatic carbocycles. The van der Waals surface area contributed by atoms with Crippen LogP contribution in [0.5, 0.6) is 0 Å². The molecular weight excluding hydrogens is 196 g/mol. The Hall–Kier alpha value is -0.440. The van der Waals surface area contributed by atoms with E-state index in [1.54, 1.807) is 0 Å². The Labute approximate surface area is 90.1 Å². The molecule has 0 radical (unpaired) electrons. The average Bonchev–Trinajstić information content (AvgIpc) is 2.50. The summed E-state index contributed by atoms with van der Waals surface area (Å²) in [6.45, 7) is 4.12. The third kappa shape index (κ3) is 1.94. The van der Waals surface area contributed by atoms with Crippen LogP contribution in [-0.2, 0) is 0 Å². The first-order valence-corrected chi connectivity index (χ1v) is 5.69. The number of piperidine rings is 1. The van der Waals surface area contributed by atoms with E-state index in [9.17, 15) is 8.78 Å². The minimum absolute atomic E-state index is 0.105. The average molecular weight is 215 g/mol. The molecule has 2 rings (SSSR count). The zero-order valence-corrected chi connectivity index (χ0v) is 9.47. The van der Waals surface area contributed by atoms with E-state index in [2.05, 4.69) is 11.9 Å². The molecule has 0 saturated carbocycles. The van der Waals surface area contributed by atoms with Crippen LogP contribution in [0.2, 0.25) is 0 Å². The number of hydrogen-bond acceptors (Lipinski definition) is 1. The van der Waals surface area contributed by atoms with Gasteiger partial charge in [0.05, 0.1) is 0 Å². The molecule has 0 aromatic heterocycles. The van der Waals surface area contributed by atoms with E-state index < -0.39 is 12.3 Å². The lowest BCUT2D eigenvalue weighted by atomic mass is 9.73. The Morgan fingerprint density at radius 2 is 2.00 bits per heavy atom. The van der Waals surface area contributed by atoms with Crippen LogP contribution in [0.15, 0.2) is 11.6 Å². The van der Waals surface area contributed by atoms with E-state index in [1.165, 1.54) is 5.57 Å². The maximum atomic E-state index is 12.7. The number of nitrogens with zero attached hydrogens (tertiary/aromatic N) is 1. The quantitative estimate of drug-likeness (QED) is 0.608. The van der Waals surface area contributed by atoms with Gasteiger partial charge in [0.2, 0.25) is 6.43 Å². The molecule has 15 heavy (non-hydrogen) atoms. The van der Waals surface area contributed by atoms with E-state index >= 15 is 0 Å². The number of rotatable bonds is 1. The van der Waals surface area contributed by atoms with Crippen molar-refractivity contribution >= 4 is 0 Å². The summed E-state index contributed by atoms with van der Waals surface area (Å²) >= 11 is 0. The van der Waals surface area contributed by atoms with Crippen molar-refractivity contribution in [2.45, 2.75) is 32.6 Å². The normalized spacial score (nSPS) is 31.3. The first kappa shape index (κ1) is 11.1. The standard InChI is InChI=1S/C12H19F2N/c1-9-7-10(11(13)14)8-12(9)3-5-15(2)6-4-12/h7,10-11H,3-6,8H2,1-2H3. The van der Waals surface area contributed by atoms with E-state index in [-0.39, 0.29) is 5.41 Å². The van der Waals surface area contributed by atoms with Crippen molar-refractivity contribution in [3.63, 3.8) is 0 Å². The molecule has 1 unspecified atom stereocenters. The Morgan fingerprint density at radius 3 is 2.47 bits per heavy atom. The lowest BCUT2D eigenvalue weighted by molar-refractivity contribution is 0.0692. The summed E-state index contributed by atoms with van der Waals surface area (Å²) in [5, 5.41) is 0. The number of alkyl halides is 2. The molecule has 2 aliphatic rings. The lowest BCUT2D eigenvalue weighted by Crippen LogP contribution is -2.38. The number of likely N-dealkylation sites (tertiary alicyclic amines) is 1. The zero-order chi connectivity index (χ0) is 11.1. The first-order chi connectivity index (χ1) is 7.03. The molecule has 86 valence electrons. The lowest BCUT2D eigenvalue weighted by Gasteiger charge is -2.39. The maximum Gasteiger partial charge on any atom is 0.244 e. The van der Waals surface area contributed by atoms with E-state index in [1.807, 2.05) is 13.0 Å². The summed E-state index contributed by atoms with van der Waals surface area (Å²) in [4.78, 5) is 2.29. The van der Waals surface area contributed by atoms with Gasteiger partial charge in [0, 0.05) is 5.92 Å². The minimum atomic E-state index is -2.18. The fraction of sp³-hybridized carbons (Fsp3) is 0.833. The summed E-state index contributed by atoms with van der Waals surface area (Å²) < 4.78 is 25.3. The number of hydrogen-bond donors (Lipinski definition) is 0. The molecule has 1 heterocycles. The van der Waals surface area contributed by atoms with Crippen LogP contribution in [0.3, 0.4) is 0 Å². The van der Waals surface area contributed by atoms with Gasteiger partial charge in [0.15, 0.2) is 0 Å². The molecule has 3 heteroatoms. The van der Waals surface area contributed by atoms with E-state index in [0.717, 1.165) is 25.9 Å². The molecule has 1 saturated heterocycles. The molecular formula is C12H19F2N. The van der Waals surface area contributed by atoms with Gasteiger partial charge in [-0.1, -0.05) is 11.6 Å². The molecule has 0 amide bonds. The van der Waals surface area contributed by atoms with Gasteiger partial charge in [0.1, 0.15) is 0 Å². The smallest absolute Gasteiger partial charge is 0.244 e. The van der Waals surface area contributed by atoms with E-state index in [4.69, 9.17) is 0 Å². The van der Waals surface area contributed by atoms with Crippen molar-refractivity contribution < 1.29 is 8.78 Å². The third-order valence-electron chi connectivity index (χ3n) is 4.19. The molecule has 1 nitrogen and oxygen atoms in total. The second-order valence-electron chi connectivity index (χ2n) is 5.14. The number of halogens is 2. The van der Waals surface area contributed by atoms with Crippen molar-refractivity contribution in [1.29, 1.82) is 0 Å². The highest BCUT2D eigenvalue weighted by Gasteiger charge is 2.43. The van der Waals surface area contributed by atoms with Crippen LogP contribution in [0.1, 0.15) is 26.2 Å². The van der Waals surface area contributed by atoms with Crippen LogP contribution < -0.4 is 0 Å². The molecule has 1 aliphatic heterocycles. The molecule has 0 aromatic rings. The molecule has 0 N–H and O–H groups in total. The van der Waals surface area contributed by atoms with Crippen molar-refractivity contribution in [2.75, 3.05) is 20.1 Å². The van der Waals surface area contributed by atoms with Crippen LogP contribution in [-0.4, -0.2) is 31.5 Å². The Morgan fingerprint density at radius 1 is 1.40 bits per heavy atom.